The largest absolute Gasteiger partial charge is 0.352 e. The molecule has 1 aromatic rings. The summed E-state index contributed by atoms with van der Waals surface area (Å²) in [4.78, 5) is 36.8. The van der Waals surface area contributed by atoms with Crippen LogP contribution >= 0.6 is 0 Å². The molecule has 2 amide bonds. The number of hydrogen-bond acceptors (Lipinski definition) is 3. The lowest BCUT2D eigenvalue weighted by Gasteiger charge is -2.42. The molecule has 0 unspecified atom stereocenters. The Bertz CT molecular complexity index is 561. The minimum absolute atomic E-state index is 0.0401. The summed E-state index contributed by atoms with van der Waals surface area (Å²) in [6.07, 6.45) is 0. The first-order valence-electron chi connectivity index (χ1n) is 6.51. The topological polar surface area (TPSA) is 66.5 Å². The fraction of sp³-hybridized carbons (Fsp3) is 0.400. The summed E-state index contributed by atoms with van der Waals surface area (Å²) in [6.45, 7) is 5.79. The van der Waals surface area contributed by atoms with Crippen molar-refractivity contribution >= 4 is 17.6 Å². The fourth-order valence-electron chi connectivity index (χ4n) is 2.17. The van der Waals surface area contributed by atoms with Gasteiger partial charge >= 0.3 is 0 Å². The average molecular weight is 274 g/mol. The summed E-state index contributed by atoms with van der Waals surface area (Å²) in [6, 6.07) is 6.52. The highest BCUT2D eigenvalue weighted by atomic mass is 16.2. The quantitative estimate of drug-likeness (QED) is 0.825. The summed E-state index contributed by atoms with van der Waals surface area (Å²) in [5.74, 6) is -0.389. The number of ketones is 1. The van der Waals surface area contributed by atoms with Gasteiger partial charge in [-0.15, -0.1) is 0 Å². The van der Waals surface area contributed by atoms with Gasteiger partial charge in [0.2, 0.25) is 5.91 Å². The number of piperazine rings is 1. The monoisotopic (exact) mass is 274 g/mol. The average Bonchev–Trinajstić information content (AvgIpc) is 2.41. The first-order chi connectivity index (χ1) is 9.31. The first kappa shape index (κ1) is 14.2. The van der Waals surface area contributed by atoms with Gasteiger partial charge in [-0.05, 0) is 32.9 Å². The summed E-state index contributed by atoms with van der Waals surface area (Å²) in [5.41, 5.74) is 0.625. The molecule has 5 nitrogen and oxygen atoms in total. The summed E-state index contributed by atoms with van der Waals surface area (Å²) < 4.78 is 0. The summed E-state index contributed by atoms with van der Waals surface area (Å²) in [5, 5.41) is 2.76. The second-order valence-electron chi connectivity index (χ2n) is 5.61. The number of Topliss-reactive ketones (excluding diaryl/α,β-unsaturated/α-hetero) is 1. The van der Waals surface area contributed by atoms with E-state index in [1.165, 1.54) is 6.92 Å². The van der Waals surface area contributed by atoms with Crippen LogP contribution in [0.15, 0.2) is 24.3 Å². The zero-order valence-corrected chi connectivity index (χ0v) is 11.9. The molecule has 1 heterocycles. The van der Waals surface area contributed by atoms with E-state index in [9.17, 15) is 14.4 Å². The molecule has 2 rings (SSSR count). The maximum Gasteiger partial charge on any atom is 0.254 e. The standard InChI is InChI=1S/C15H18N2O3/c1-10(18)11-4-6-12(7-5-11)14(20)17-8-13(19)16-9-15(17,2)3/h4-7H,8-9H2,1-3H3,(H,16,19). The molecule has 1 aliphatic rings. The van der Waals surface area contributed by atoms with Gasteiger partial charge in [0.1, 0.15) is 6.54 Å². The number of amides is 2. The van der Waals surface area contributed by atoms with Crippen molar-refractivity contribution in [3.8, 4) is 0 Å². The van der Waals surface area contributed by atoms with Crippen LogP contribution in [0, 0.1) is 0 Å². The Labute approximate surface area is 118 Å². The van der Waals surface area contributed by atoms with Gasteiger partial charge in [0.25, 0.3) is 5.91 Å². The van der Waals surface area contributed by atoms with Crippen LogP contribution in [0.2, 0.25) is 0 Å². The fourth-order valence-corrected chi connectivity index (χ4v) is 2.17. The third kappa shape index (κ3) is 2.71. The van der Waals surface area contributed by atoms with E-state index >= 15 is 0 Å². The van der Waals surface area contributed by atoms with Gasteiger partial charge in [-0.1, -0.05) is 12.1 Å². The van der Waals surface area contributed by atoms with Crippen molar-refractivity contribution in [3.63, 3.8) is 0 Å². The maximum absolute atomic E-state index is 12.5. The molecule has 0 aromatic heterocycles. The minimum Gasteiger partial charge on any atom is -0.352 e. The Balaban J connectivity index is 2.25. The van der Waals surface area contributed by atoms with Gasteiger partial charge in [-0.25, -0.2) is 0 Å². The minimum atomic E-state index is -0.426. The molecular weight excluding hydrogens is 256 g/mol. The van der Waals surface area contributed by atoms with Crippen molar-refractivity contribution in [2.45, 2.75) is 26.3 Å². The molecule has 0 spiro atoms. The number of carbonyl (C=O) groups is 3. The Hall–Kier alpha value is -2.17. The number of nitrogens with zero attached hydrogens (tertiary/aromatic N) is 1. The number of rotatable bonds is 2. The second kappa shape index (κ2) is 5.07. The number of carbonyl (C=O) groups excluding carboxylic acids is 3. The molecule has 0 radical (unpaired) electrons. The predicted molar refractivity (Wildman–Crippen MR) is 74.6 cm³/mol. The molecule has 1 aromatic carbocycles. The van der Waals surface area contributed by atoms with Crippen LogP contribution in [-0.4, -0.2) is 41.1 Å². The smallest absolute Gasteiger partial charge is 0.254 e. The van der Waals surface area contributed by atoms with Crippen LogP contribution in [0.1, 0.15) is 41.5 Å². The zero-order valence-electron chi connectivity index (χ0n) is 11.9. The van der Waals surface area contributed by atoms with E-state index in [2.05, 4.69) is 5.32 Å². The molecule has 20 heavy (non-hydrogen) atoms. The third-order valence-corrected chi connectivity index (χ3v) is 3.53. The molecule has 1 fully saturated rings. The van der Waals surface area contributed by atoms with Gasteiger partial charge in [0.05, 0.1) is 5.54 Å². The molecule has 0 atom stereocenters. The lowest BCUT2D eigenvalue weighted by Crippen LogP contribution is -2.62. The van der Waals surface area contributed by atoms with E-state index < -0.39 is 5.54 Å². The highest BCUT2D eigenvalue weighted by molar-refractivity contribution is 5.99. The second-order valence-corrected chi connectivity index (χ2v) is 5.61. The predicted octanol–water partition coefficient (Wildman–Crippen LogP) is 1.24. The maximum atomic E-state index is 12.5. The van der Waals surface area contributed by atoms with Crippen molar-refractivity contribution in [2.24, 2.45) is 0 Å². The zero-order chi connectivity index (χ0) is 14.9. The molecule has 0 aliphatic carbocycles. The Morgan fingerprint density at radius 3 is 2.25 bits per heavy atom. The lowest BCUT2D eigenvalue weighted by atomic mass is 9.98. The first-order valence-corrected chi connectivity index (χ1v) is 6.51. The SMILES string of the molecule is CC(=O)c1ccc(C(=O)N2CC(=O)NCC2(C)C)cc1. The van der Waals surface area contributed by atoms with Crippen molar-refractivity contribution in [3.05, 3.63) is 35.4 Å². The number of nitrogens with one attached hydrogen (secondary N) is 1. The molecule has 0 saturated carbocycles. The highest BCUT2D eigenvalue weighted by Crippen LogP contribution is 2.20. The van der Waals surface area contributed by atoms with Crippen molar-refractivity contribution < 1.29 is 14.4 Å². The van der Waals surface area contributed by atoms with Gasteiger partial charge in [-0.3, -0.25) is 14.4 Å². The van der Waals surface area contributed by atoms with Gasteiger partial charge in [0, 0.05) is 17.7 Å². The van der Waals surface area contributed by atoms with Crippen LogP contribution in [0.25, 0.3) is 0 Å². The number of hydrogen-bond donors (Lipinski definition) is 1. The van der Waals surface area contributed by atoms with Crippen molar-refractivity contribution in [1.82, 2.24) is 10.2 Å². The van der Waals surface area contributed by atoms with Gasteiger partial charge in [-0.2, -0.15) is 0 Å². The normalized spacial score (nSPS) is 17.6. The highest BCUT2D eigenvalue weighted by Gasteiger charge is 2.36. The van der Waals surface area contributed by atoms with E-state index in [0.717, 1.165) is 0 Å². The van der Waals surface area contributed by atoms with Gasteiger partial charge < -0.3 is 10.2 Å². The Kier molecular flexibility index (Phi) is 3.61. The van der Waals surface area contributed by atoms with Crippen LogP contribution < -0.4 is 5.32 Å². The van der Waals surface area contributed by atoms with Crippen LogP contribution in [-0.2, 0) is 4.79 Å². The van der Waals surface area contributed by atoms with E-state index in [0.29, 0.717) is 17.7 Å². The number of benzene rings is 1. The molecular formula is C15H18N2O3. The third-order valence-electron chi connectivity index (χ3n) is 3.53. The molecule has 5 heteroatoms. The van der Waals surface area contributed by atoms with Crippen LogP contribution in [0.4, 0.5) is 0 Å². The van der Waals surface area contributed by atoms with Crippen molar-refractivity contribution in [1.29, 1.82) is 0 Å². The van der Waals surface area contributed by atoms with E-state index in [1.54, 1.807) is 29.2 Å². The summed E-state index contributed by atoms with van der Waals surface area (Å²) >= 11 is 0. The van der Waals surface area contributed by atoms with E-state index in [1.807, 2.05) is 13.8 Å². The van der Waals surface area contributed by atoms with Crippen LogP contribution in [0.5, 0.6) is 0 Å². The van der Waals surface area contributed by atoms with E-state index in [4.69, 9.17) is 0 Å². The molecule has 1 aliphatic heterocycles. The lowest BCUT2D eigenvalue weighted by molar-refractivity contribution is -0.126. The summed E-state index contributed by atoms with van der Waals surface area (Å²) in [7, 11) is 0. The van der Waals surface area contributed by atoms with Gasteiger partial charge in [0.15, 0.2) is 5.78 Å². The molecule has 1 saturated heterocycles. The van der Waals surface area contributed by atoms with E-state index in [-0.39, 0.29) is 24.1 Å². The molecule has 106 valence electrons. The molecule has 0 bridgehead atoms. The Morgan fingerprint density at radius 2 is 1.70 bits per heavy atom. The van der Waals surface area contributed by atoms with Crippen LogP contribution in [0.3, 0.4) is 0 Å². The Morgan fingerprint density at radius 1 is 1.15 bits per heavy atom. The molecule has 1 N–H and O–H groups in total. The van der Waals surface area contributed by atoms with Crippen molar-refractivity contribution in [2.75, 3.05) is 13.1 Å².